The molecule has 1 fully saturated rings. The van der Waals surface area contributed by atoms with E-state index in [1.165, 1.54) is 6.07 Å². The summed E-state index contributed by atoms with van der Waals surface area (Å²) in [7, 11) is -0.757. The highest BCUT2D eigenvalue weighted by Crippen LogP contribution is 2.31. The molecule has 0 unspecified atom stereocenters. The molecule has 1 aromatic carbocycles. The summed E-state index contributed by atoms with van der Waals surface area (Å²) < 4.78 is 48.8. The molecule has 2 nitrogen and oxygen atoms in total. The Morgan fingerprint density at radius 2 is 1.89 bits per heavy atom. The molecule has 0 bridgehead atoms. The molecule has 1 saturated heterocycles. The van der Waals surface area contributed by atoms with Crippen LogP contribution in [-0.2, 0) is 17.0 Å². The number of anilines is 1. The maximum absolute atomic E-state index is 12.5. The molecular formula is C12H14F3NOS. The Kier molecular flexibility index (Phi) is 3.94. The minimum Gasteiger partial charge on any atom is -0.382 e. The second-order valence-electron chi connectivity index (χ2n) is 4.35. The molecule has 6 heteroatoms. The second-order valence-corrected chi connectivity index (χ2v) is 6.04. The van der Waals surface area contributed by atoms with Crippen molar-refractivity contribution in [3.63, 3.8) is 0 Å². The molecule has 0 saturated carbocycles. The van der Waals surface area contributed by atoms with Crippen LogP contribution >= 0.6 is 0 Å². The molecule has 1 aliphatic rings. The number of rotatable bonds is 2. The molecule has 0 radical (unpaired) electrons. The average Bonchev–Trinajstić information content (AvgIpc) is 2.31. The van der Waals surface area contributed by atoms with Gasteiger partial charge in [-0.2, -0.15) is 13.2 Å². The van der Waals surface area contributed by atoms with Crippen molar-refractivity contribution < 1.29 is 17.4 Å². The summed E-state index contributed by atoms with van der Waals surface area (Å²) in [5.74, 6) is 1.24. The van der Waals surface area contributed by atoms with Gasteiger partial charge in [-0.05, 0) is 31.0 Å². The zero-order chi connectivity index (χ0) is 13.2. The van der Waals surface area contributed by atoms with Crippen LogP contribution < -0.4 is 5.32 Å². The lowest BCUT2D eigenvalue weighted by molar-refractivity contribution is -0.137. The first-order valence-corrected chi connectivity index (χ1v) is 7.23. The predicted octanol–water partition coefficient (Wildman–Crippen LogP) is 3.03. The molecule has 0 amide bonds. The van der Waals surface area contributed by atoms with Crippen LogP contribution in [0.2, 0.25) is 0 Å². The molecule has 1 aromatic rings. The summed E-state index contributed by atoms with van der Waals surface area (Å²) in [6.45, 7) is 0. The van der Waals surface area contributed by atoms with E-state index in [0.717, 1.165) is 25.0 Å². The normalized spacial score (nSPS) is 24.8. The van der Waals surface area contributed by atoms with Gasteiger partial charge in [-0.3, -0.25) is 4.21 Å². The van der Waals surface area contributed by atoms with Crippen LogP contribution in [0.4, 0.5) is 18.9 Å². The van der Waals surface area contributed by atoms with Crippen LogP contribution in [-0.4, -0.2) is 21.8 Å². The maximum Gasteiger partial charge on any atom is 0.416 e. The molecule has 1 heterocycles. The van der Waals surface area contributed by atoms with Crippen molar-refractivity contribution in [3.8, 4) is 0 Å². The zero-order valence-electron chi connectivity index (χ0n) is 9.67. The average molecular weight is 277 g/mol. The van der Waals surface area contributed by atoms with Gasteiger partial charge in [0.2, 0.25) is 0 Å². The monoisotopic (exact) mass is 277 g/mol. The van der Waals surface area contributed by atoms with Crippen molar-refractivity contribution in [2.75, 3.05) is 16.8 Å². The first-order chi connectivity index (χ1) is 8.45. The summed E-state index contributed by atoms with van der Waals surface area (Å²) in [5, 5.41) is 3.08. The maximum atomic E-state index is 12.5. The van der Waals surface area contributed by atoms with Gasteiger partial charge in [0.25, 0.3) is 0 Å². The van der Waals surface area contributed by atoms with Crippen molar-refractivity contribution in [3.05, 3.63) is 29.8 Å². The number of alkyl halides is 3. The van der Waals surface area contributed by atoms with E-state index in [0.29, 0.717) is 17.2 Å². The summed E-state index contributed by atoms with van der Waals surface area (Å²) in [5.41, 5.74) is -0.172. The van der Waals surface area contributed by atoms with Gasteiger partial charge in [-0.25, -0.2) is 0 Å². The Hall–Kier alpha value is -1.04. The first-order valence-electron chi connectivity index (χ1n) is 5.74. The van der Waals surface area contributed by atoms with Crippen molar-refractivity contribution in [1.29, 1.82) is 0 Å². The highest BCUT2D eigenvalue weighted by atomic mass is 32.2. The van der Waals surface area contributed by atoms with Crippen LogP contribution in [0.5, 0.6) is 0 Å². The lowest BCUT2D eigenvalue weighted by Crippen LogP contribution is -2.29. The summed E-state index contributed by atoms with van der Waals surface area (Å²) in [4.78, 5) is 0. The Labute approximate surface area is 106 Å². The van der Waals surface area contributed by atoms with Gasteiger partial charge in [0.1, 0.15) is 0 Å². The molecule has 1 N–H and O–H groups in total. The first kappa shape index (κ1) is 13.4. The standard InChI is InChI=1S/C12H14F3NOS/c13-12(14,15)9-2-1-3-11(8-9)16-10-4-6-18(17)7-5-10/h1-3,8,10,16H,4-7H2. The third kappa shape index (κ3) is 3.48. The van der Waals surface area contributed by atoms with Gasteiger partial charge in [-0.15, -0.1) is 0 Å². The van der Waals surface area contributed by atoms with E-state index in [4.69, 9.17) is 0 Å². The third-order valence-electron chi connectivity index (χ3n) is 2.95. The van der Waals surface area contributed by atoms with Crippen LogP contribution in [0.15, 0.2) is 24.3 Å². The minimum absolute atomic E-state index is 0.117. The molecule has 1 aliphatic heterocycles. The molecule has 0 aromatic heterocycles. The van der Waals surface area contributed by atoms with E-state index in [1.54, 1.807) is 6.07 Å². The number of nitrogens with one attached hydrogen (secondary N) is 1. The molecule has 0 spiro atoms. The molecule has 0 aliphatic carbocycles. The minimum atomic E-state index is -4.31. The highest BCUT2D eigenvalue weighted by molar-refractivity contribution is 7.85. The Bertz CT molecular complexity index is 437. The molecule has 18 heavy (non-hydrogen) atoms. The van der Waals surface area contributed by atoms with E-state index in [9.17, 15) is 17.4 Å². The zero-order valence-corrected chi connectivity index (χ0v) is 10.5. The van der Waals surface area contributed by atoms with Crippen molar-refractivity contribution in [2.24, 2.45) is 0 Å². The van der Waals surface area contributed by atoms with Crippen LogP contribution in [0, 0.1) is 0 Å². The SMILES string of the molecule is O=S1CCC(Nc2cccc(C(F)(F)F)c2)CC1. The predicted molar refractivity (Wildman–Crippen MR) is 66.0 cm³/mol. The molecule has 100 valence electrons. The van der Waals surface area contributed by atoms with E-state index in [1.807, 2.05) is 0 Å². The van der Waals surface area contributed by atoms with Crippen molar-refractivity contribution in [1.82, 2.24) is 0 Å². The smallest absolute Gasteiger partial charge is 0.382 e. The van der Waals surface area contributed by atoms with Gasteiger partial charge in [0.05, 0.1) is 5.56 Å². The summed E-state index contributed by atoms with van der Waals surface area (Å²) >= 11 is 0. The number of halogens is 3. The summed E-state index contributed by atoms with van der Waals surface area (Å²) in [6, 6.07) is 5.31. The number of benzene rings is 1. The van der Waals surface area contributed by atoms with Gasteiger partial charge in [-0.1, -0.05) is 6.07 Å². The fourth-order valence-corrected chi connectivity index (χ4v) is 3.26. The van der Waals surface area contributed by atoms with E-state index in [2.05, 4.69) is 5.32 Å². The molecule has 0 atom stereocenters. The fourth-order valence-electron chi connectivity index (χ4n) is 1.96. The van der Waals surface area contributed by atoms with Crippen LogP contribution in [0.25, 0.3) is 0 Å². The van der Waals surface area contributed by atoms with Gasteiger partial charge in [0.15, 0.2) is 0 Å². The van der Waals surface area contributed by atoms with E-state index >= 15 is 0 Å². The Morgan fingerprint density at radius 3 is 2.50 bits per heavy atom. The quantitative estimate of drug-likeness (QED) is 0.900. The van der Waals surface area contributed by atoms with Gasteiger partial charge in [0, 0.05) is 34.0 Å². The lowest BCUT2D eigenvalue weighted by Gasteiger charge is -2.24. The summed E-state index contributed by atoms with van der Waals surface area (Å²) in [6.07, 6.45) is -2.84. The Morgan fingerprint density at radius 1 is 1.22 bits per heavy atom. The number of hydrogen-bond acceptors (Lipinski definition) is 2. The van der Waals surface area contributed by atoms with Gasteiger partial charge < -0.3 is 5.32 Å². The van der Waals surface area contributed by atoms with E-state index in [-0.39, 0.29) is 6.04 Å². The topological polar surface area (TPSA) is 29.1 Å². The second kappa shape index (κ2) is 5.30. The van der Waals surface area contributed by atoms with Crippen molar-refractivity contribution >= 4 is 16.5 Å². The van der Waals surface area contributed by atoms with Crippen LogP contribution in [0.3, 0.4) is 0 Å². The Balaban J connectivity index is 2.03. The highest BCUT2D eigenvalue weighted by Gasteiger charge is 2.30. The fraction of sp³-hybridized carbons (Fsp3) is 0.500. The van der Waals surface area contributed by atoms with E-state index < -0.39 is 22.5 Å². The molecule has 2 rings (SSSR count). The number of hydrogen-bond donors (Lipinski definition) is 1. The van der Waals surface area contributed by atoms with Crippen LogP contribution in [0.1, 0.15) is 18.4 Å². The lowest BCUT2D eigenvalue weighted by atomic mass is 10.1. The van der Waals surface area contributed by atoms with Crippen molar-refractivity contribution in [2.45, 2.75) is 25.1 Å². The largest absolute Gasteiger partial charge is 0.416 e. The molecular weight excluding hydrogens is 263 g/mol. The third-order valence-corrected chi connectivity index (χ3v) is 4.33. The van der Waals surface area contributed by atoms with Gasteiger partial charge >= 0.3 is 6.18 Å².